The molecule has 1 saturated heterocycles. The van der Waals surface area contributed by atoms with Gasteiger partial charge in [-0.25, -0.2) is 0 Å². The number of rotatable bonds is 5. The summed E-state index contributed by atoms with van der Waals surface area (Å²) in [5, 5.41) is 0. The highest BCUT2D eigenvalue weighted by molar-refractivity contribution is 5.75. The van der Waals surface area contributed by atoms with E-state index in [9.17, 15) is 4.79 Å². The first kappa shape index (κ1) is 14.4. The molecule has 0 spiro atoms. The molecule has 0 aliphatic carbocycles. The second-order valence-corrected chi connectivity index (χ2v) is 5.15. The summed E-state index contributed by atoms with van der Waals surface area (Å²) in [6, 6.07) is 0. The summed E-state index contributed by atoms with van der Waals surface area (Å²) >= 11 is 0. The number of esters is 1. The van der Waals surface area contributed by atoms with Crippen molar-refractivity contribution in [2.24, 2.45) is 11.1 Å². The summed E-state index contributed by atoms with van der Waals surface area (Å²) < 4.78 is 10.3. The van der Waals surface area contributed by atoms with Crippen molar-refractivity contribution in [1.29, 1.82) is 0 Å². The number of hydrogen-bond donors (Lipinski definition) is 1. The van der Waals surface area contributed by atoms with Crippen LogP contribution < -0.4 is 5.73 Å². The second kappa shape index (κ2) is 6.33. The first-order valence-electron chi connectivity index (χ1n) is 6.12. The normalized spacial score (nSPS) is 22.5. The van der Waals surface area contributed by atoms with E-state index in [1.54, 1.807) is 0 Å². The largest absolute Gasteiger partial charge is 0.469 e. The van der Waals surface area contributed by atoms with Gasteiger partial charge in [0.05, 0.1) is 25.2 Å². The van der Waals surface area contributed by atoms with Crippen LogP contribution in [0.1, 0.15) is 20.3 Å². The molecule has 5 nitrogen and oxygen atoms in total. The number of nitrogens with zero attached hydrogens (tertiary/aromatic N) is 1. The van der Waals surface area contributed by atoms with Gasteiger partial charge in [0.25, 0.3) is 0 Å². The van der Waals surface area contributed by atoms with Crippen LogP contribution in [0.2, 0.25) is 0 Å². The van der Waals surface area contributed by atoms with Crippen LogP contribution in [-0.4, -0.2) is 56.9 Å². The van der Waals surface area contributed by atoms with E-state index in [2.05, 4.69) is 4.90 Å². The van der Waals surface area contributed by atoms with Crippen molar-refractivity contribution in [1.82, 2.24) is 4.90 Å². The summed E-state index contributed by atoms with van der Waals surface area (Å²) in [5.74, 6) is -0.152. The van der Waals surface area contributed by atoms with Crippen molar-refractivity contribution >= 4 is 5.97 Å². The highest BCUT2D eigenvalue weighted by Gasteiger charge is 2.30. The average molecular weight is 244 g/mol. The summed E-state index contributed by atoms with van der Waals surface area (Å²) in [5.41, 5.74) is 5.17. The molecule has 0 aromatic heterocycles. The lowest BCUT2D eigenvalue weighted by Crippen LogP contribution is -2.46. The minimum atomic E-state index is -0.425. The quantitative estimate of drug-likeness (QED) is 0.702. The third kappa shape index (κ3) is 4.26. The lowest BCUT2D eigenvalue weighted by atomic mass is 9.89. The zero-order chi connectivity index (χ0) is 12.9. The van der Waals surface area contributed by atoms with Crippen molar-refractivity contribution in [2.75, 3.05) is 39.9 Å². The third-order valence-electron chi connectivity index (χ3n) is 3.28. The Morgan fingerprint density at radius 3 is 2.88 bits per heavy atom. The first-order valence-corrected chi connectivity index (χ1v) is 6.12. The summed E-state index contributed by atoms with van der Waals surface area (Å²) in [4.78, 5) is 13.8. The molecule has 0 aromatic carbocycles. The van der Waals surface area contributed by atoms with Crippen LogP contribution in [0.3, 0.4) is 0 Å². The van der Waals surface area contributed by atoms with Crippen molar-refractivity contribution in [3.63, 3.8) is 0 Å². The summed E-state index contributed by atoms with van der Waals surface area (Å²) in [6.07, 6.45) is 0.918. The SMILES string of the molecule is COC(=O)C(C)(C)CCN1CCOC(CN)C1. The standard InChI is InChI=1S/C12H24N2O3/c1-12(2,11(15)16-3)4-5-14-6-7-17-10(8-13)9-14/h10H,4-9,13H2,1-3H3. The highest BCUT2D eigenvalue weighted by atomic mass is 16.5. The van der Waals surface area contributed by atoms with E-state index in [0.29, 0.717) is 6.54 Å². The zero-order valence-corrected chi connectivity index (χ0v) is 11.1. The first-order chi connectivity index (χ1) is 7.99. The molecule has 1 atom stereocenters. The number of carbonyl (C=O) groups excluding carboxylic acids is 1. The number of methoxy groups -OCH3 is 1. The van der Waals surface area contributed by atoms with Gasteiger partial charge in [0, 0.05) is 19.6 Å². The van der Waals surface area contributed by atoms with Gasteiger partial charge >= 0.3 is 5.97 Å². The molecular weight excluding hydrogens is 220 g/mol. The van der Waals surface area contributed by atoms with Crippen LogP contribution in [0.4, 0.5) is 0 Å². The fourth-order valence-electron chi connectivity index (χ4n) is 1.94. The fourth-order valence-corrected chi connectivity index (χ4v) is 1.94. The smallest absolute Gasteiger partial charge is 0.311 e. The van der Waals surface area contributed by atoms with E-state index < -0.39 is 5.41 Å². The molecule has 0 aromatic rings. The van der Waals surface area contributed by atoms with Gasteiger partial charge in [-0.2, -0.15) is 0 Å². The minimum absolute atomic E-state index is 0.130. The molecule has 2 N–H and O–H groups in total. The van der Waals surface area contributed by atoms with E-state index >= 15 is 0 Å². The lowest BCUT2D eigenvalue weighted by Gasteiger charge is -2.34. The second-order valence-electron chi connectivity index (χ2n) is 5.15. The number of morpholine rings is 1. The molecule has 1 aliphatic rings. The van der Waals surface area contributed by atoms with Crippen LogP contribution in [0, 0.1) is 5.41 Å². The topological polar surface area (TPSA) is 64.8 Å². The number of hydrogen-bond acceptors (Lipinski definition) is 5. The molecule has 1 aliphatic heterocycles. The van der Waals surface area contributed by atoms with Crippen molar-refractivity contribution in [2.45, 2.75) is 26.4 Å². The van der Waals surface area contributed by atoms with Gasteiger partial charge in [-0.05, 0) is 26.8 Å². The van der Waals surface area contributed by atoms with Crippen LogP contribution >= 0.6 is 0 Å². The Kier molecular flexibility index (Phi) is 5.36. The molecule has 0 saturated carbocycles. The maximum Gasteiger partial charge on any atom is 0.311 e. The minimum Gasteiger partial charge on any atom is -0.469 e. The van der Waals surface area contributed by atoms with Gasteiger partial charge in [-0.1, -0.05) is 0 Å². The Morgan fingerprint density at radius 2 is 2.29 bits per heavy atom. The average Bonchev–Trinajstić information content (AvgIpc) is 2.35. The van der Waals surface area contributed by atoms with Crippen LogP contribution in [0.25, 0.3) is 0 Å². The van der Waals surface area contributed by atoms with E-state index in [4.69, 9.17) is 15.2 Å². The van der Waals surface area contributed by atoms with E-state index in [-0.39, 0.29) is 12.1 Å². The molecule has 1 heterocycles. The van der Waals surface area contributed by atoms with E-state index in [1.807, 2.05) is 13.8 Å². The lowest BCUT2D eigenvalue weighted by molar-refractivity contribution is -0.151. The van der Waals surface area contributed by atoms with Gasteiger partial charge in [0.15, 0.2) is 0 Å². The van der Waals surface area contributed by atoms with Gasteiger partial charge in [0.1, 0.15) is 0 Å². The van der Waals surface area contributed by atoms with Gasteiger partial charge < -0.3 is 15.2 Å². The molecule has 0 radical (unpaired) electrons. The zero-order valence-electron chi connectivity index (χ0n) is 11.1. The Morgan fingerprint density at radius 1 is 1.59 bits per heavy atom. The molecule has 1 rings (SSSR count). The Bertz CT molecular complexity index is 256. The highest BCUT2D eigenvalue weighted by Crippen LogP contribution is 2.22. The maximum atomic E-state index is 11.5. The molecular formula is C12H24N2O3. The molecule has 5 heteroatoms. The van der Waals surface area contributed by atoms with Gasteiger partial charge in [-0.3, -0.25) is 9.69 Å². The number of carbonyl (C=O) groups is 1. The summed E-state index contributed by atoms with van der Waals surface area (Å²) in [7, 11) is 1.43. The van der Waals surface area contributed by atoms with Crippen LogP contribution in [0.5, 0.6) is 0 Å². The third-order valence-corrected chi connectivity index (χ3v) is 3.28. The fraction of sp³-hybridized carbons (Fsp3) is 0.917. The number of ether oxygens (including phenoxy) is 2. The molecule has 17 heavy (non-hydrogen) atoms. The summed E-state index contributed by atoms with van der Waals surface area (Å²) in [6.45, 7) is 7.75. The van der Waals surface area contributed by atoms with Crippen LogP contribution in [-0.2, 0) is 14.3 Å². The van der Waals surface area contributed by atoms with Crippen molar-refractivity contribution < 1.29 is 14.3 Å². The molecule has 1 unspecified atom stereocenters. The Hall–Kier alpha value is -0.650. The van der Waals surface area contributed by atoms with Crippen molar-refractivity contribution in [3.8, 4) is 0 Å². The Balaban J connectivity index is 2.37. The van der Waals surface area contributed by atoms with E-state index in [1.165, 1.54) is 7.11 Å². The monoisotopic (exact) mass is 244 g/mol. The predicted octanol–water partition coefficient (Wildman–Crippen LogP) is 0.235. The van der Waals surface area contributed by atoms with E-state index in [0.717, 1.165) is 32.7 Å². The van der Waals surface area contributed by atoms with Gasteiger partial charge in [0.2, 0.25) is 0 Å². The molecule has 100 valence electrons. The Labute approximate surface area is 103 Å². The molecule has 1 fully saturated rings. The van der Waals surface area contributed by atoms with Crippen LogP contribution in [0.15, 0.2) is 0 Å². The predicted molar refractivity (Wildman–Crippen MR) is 65.6 cm³/mol. The van der Waals surface area contributed by atoms with Gasteiger partial charge in [-0.15, -0.1) is 0 Å². The molecule has 0 bridgehead atoms. The maximum absolute atomic E-state index is 11.5. The van der Waals surface area contributed by atoms with Crippen molar-refractivity contribution in [3.05, 3.63) is 0 Å². The molecule has 0 amide bonds. The number of nitrogens with two attached hydrogens (primary N) is 1.